The van der Waals surface area contributed by atoms with E-state index in [1.807, 2.05) is 0 Å². The number of carbonyl (C=O) groups is 1. The molecule has 9 heteroatoms. The number of aromatic nitrogens is 4. The van der Waals surface area contributed by atoms with Crippen LogP contribution in [-0.2, 0) is 0 Å². The monoisotopic (exact) mass is 283 g/mol. The first-order valence-electron chi connectivity index (χ1n) is 5.46. The molecule has 0 radical (unpaired) electrons. The third-order valence-corrected chi connectivity index (χ3v) is 3.32. The van der Waals surface area contributed by atoms with Gasteiger partial charge in [-0.25, -0.2) is 0 Å². The minimum atomic E-state index is -1.35. The van der Waals surface area contributed by atoms with Crippen LogP contribution in [0.1, 0.15) is 16.6 Å². The van der Waals surface area contributed by atoms with E-state index in [4.69, 9.17) is 5.11 Å². The van der Waals surface area contributed by atoms with Crippen LogP contribution in [0.4, 0.5) is 0 Å². The number of aliphatic hydroxyl groups excluding tert-OH is 1. The first-order valence-corrected chi connectivity index (χ1v) is 6.34. The summed E-state index contributed by atoms with van der Waals surface area (Å²) in [6.45, 7) is 0.955. The highest BCUT2D eigenvalue weighted by atomic mass is 32.1. The summed E-state index contributed by atoms with van der Waals surface area (Å²) in [5.41, 5.74) is -0.779. The summed E-state index contributed by atoms with van der Waals surface area (Å²) < 4.78 is 1.38. The normalized spacial score (nSPS) is 14.1. The summed E-state index contributed by atoms with van der Waals surface area (Å²) in [7, 11) is 0. The van der Waals surface area contributed by atoms with Gasteiger partial charge in [-0.2, -0.15) is 4.68 Å². The fraction of sp³-hybridized carbons (Fsp3) is 0.400. The van der Waals surface area contributed by atoms with Crippen LogP contribution in [0.5, 0.6) is 0 Å². The quantitative estimate of drug-likeness (QED) is 0.662. The number of thiophene rings is 1. The smallest absolute Gasteiger partial charge is 0.263 e. The molecule has 8 nitrogen and oxygen atoms in total. The molecular weight excluding hydrogens is 270 g/mol. The van der Waals surface area contributed by atoms with Crippen LogP contribution in [-0.4, -0.2) is 55.1 Å². The van der Waals surface area contributed by atoms with E-state index in [0.29, 0.717) is 10.6 Å². The average Bonchev–Trinajstić information content (AvgIpc) is 3.05. The van der Waals surface area contributed by atoms with Crippen LogP contribution in [0.15, 0.2) is 17.8 Å². The predicted molar refractivity (Wildman–Crippen MR) is 67.1 cm³/mol. The van der Waals surface area contributed by atoms with E-state index < -0.39 is 12.2 Å². The van der Waals surface area contributed by atoms with E-state index in [2.05, 4.69) is 20.8 Å². The Labute approximate surface area is 112 Å². The Morgan fingerprint density at radius 2 is 2.42 bits per heavy atom. The molecule has 0 spiro atoms. The first-order chi connectivity index (χ1) is 9.03. The fourth-order valence-electron chi connectivity index (χ4n) is 1.33. The van der Waals surface area contributed by atoms with E-state index >= 15 is 0 Å². The fourth-order valence-corrected chi connectivity index (χ4v) is 2.13. The highest BCUT2D eigenvalue weighted by molar-refractivity contribution is 7.12. The van der Waals surface area contributed by atoms with Crippen molar-refractivity contribution in [1.82, 2.24) is 25.5 Å². The molecule has 0 aliphatic rings. The lowest BCUT2D eigenvalue weighted by Gasteiger charge is -2.20. The molecule has 102 valence electrons. The second-order valence-electron chi connectivity index (χ2n) is 4.23. The summed E-state index contributed by atoms with van der Waals surface area (Å²) in [6, 6.07) is 1.72. The van der Waals surface area contributed by atoms with Crippen molar-refractivity contribution in [2.45, 2.75) is 12.5 Å². The average molecular weight is 283 g/mol. The molecule has 0 aliphatic heterocycles. The minimum Gasteiger partial charge on any atom is -0.393 e. The number of rotatable bonds is 5. The third-order valence-electron chi connectivity index (χ3n) is 2.42. The zero-order valence-electron chi connectivity index (χ0n) is 10.1. The Balaban J connectivity index is 2.11. The lowest BCUT2D eigenvalue weighted by Crippen LogP contribution is -2.43. The van der Waals surface area contributed by atoms with E-state index in [1.54, 1.807) is 11.4 Å². The van der Waals surface area contributed by atoms with Gasteiger partial charge in [-0.15, -0.1) is 16.4 Å². The van der Waals surface area contributed by atoms with Crippen molar-refractivity contribution < 1.29 is 15.0 Å². The van der Waals surface area contributed by atoms with Gasteiger partial charge in [0.1, 0.15) is 16.8 Å². The van der Waals surface area contributed by atoms with Crippen molar-refractivity contribution in [2.75, 3.05) is 13.2 Å². The van der Waals surface area contributed by atoms with Gasteiger partial charge in [0.2, 0.25) is 0 Å². The molecule has 2 aromatic rings. The summed E-state index contributed by atoms with van der Waals surface area (Å²) in [6.07, 6.45) is 1.39. The first kappa shape index (κ1) is 13.6. The van der Waals surface area contributed by atoms with Crippen LogP contribution >= 0.6 is 11.3 Å². The third kappa shape index (κ3) is 3.13. The van der Waals surface area contributed by atoms with Crippen molar-refractivity contribution in [3.8, 4) is 5.69 Å². The Bertz CT molecular complexity index is 551. The van der Waals surface area contributed by atoms with Crippen molar-refractivity contribution >= 4 is 17.2 Å². The minimum absolute atomic E-state index is 0.0463. The Kier molecular flexibility index (Phi) is 3.88. The Morgan fingerprint density at radius 1 is 1.63 bits per heavy atom. The van der Waals surface area contributed by atoms with Crippen LogP contribution in [0.2, 0.25) is 0 Å². The second kappa shape index (κ2) is 5.43. The molecule has 2 heterocycles. The van der Waals surface area contributed by atoms with Crippen molar-refractivity contribution in [3.05, 3.63) is 22.7 Å². The summed E-state index contributed by atoms with van der Waals surface area (Å²) in [4.78, 5) is 12.4. The van der Waals surface area contributed by atoms with Gasteiger partial charge in [-0.1, -0.05) is 0 Å². The van der Waals surface area contributed by atoms with Gasteiger partial charge in [0.15, 0.2) is 0 Å². The zero-order valence-corrected chi connectivity index (χ0v) is 11.0. The van der Waals surface area contributed by atoms with Gasteiger partial charge in [0.05, 0.1) is 12.3 Å². The van der Waals surface area contributed by atoms with Gasteiger partial charge < -0.3 is 15.5 Å². The van der Waals surface area contributed by atoms with Crippen molar-refractivity contribution in [1.29, 1.82) is 0 Å². The lowest BCUT2D eigenvalue weighted by molar-refractivity contribution is 0.00323. The zero-order chi connectivity index (χ0) is 13.9. The number of tetrazole rings is 1. The van der Waals surface area contributed by atoms with Crippen LogP contribution in [0.3, 0.4) is 0 Å². The molecule has 1 amide bonds. The molecule has 1 unspecified atom stereocenters. The van der Waals surface area contributed by atoms with E-state index in [1.165, 1.54) is 29.3 Å². The van der Waals surface area contributed by atoms with Gasteiger partial charge in [-0.05, 0) is 28.8 Å². The number of nitrogens with zero attached hydrogens (tertiary/aromatic N) is 4. The molecule has 2 rings (SSSR count). The van der Waals surface area contributed by atoms with Gasteiger partial charge in [0, 0.05) is 6.54 Å². The number of aliphatic hydroxyl groups is 2. The number of carbonyl (C=O) groups excluding carboxylic acids is 1. The predicted octanol–water partition coefficient (Wildman–Crippen LogP) is -0.803. The van der Waals surface area contributed by atoms with E-state index in [9.17, 15) is 9.90 Å². The summed E-state index contributed by atoms with van der Waals surface area (Å²) in [5, 5.41) is 33.6. The SMILES string of the molecule is CC(O)(CO)CNC(=O)c1sccc1-n1cnnn1. The number of hydrogen-bond acceptors (Lipinski definition) is 7. The van der Waals surface area contributed by atoms with Crippen LogP contribution in [0.25, 0.3) is 5.69 Å². The molecule has 0 saturated carbocycles. The van der Waals surface area contributed by atoms with Crippen LogP contribution < -0.4 is 5.32 Å². The Morgan fingerprint density at radius 3 is 3.05 bits per heavy atom. The molecule has 1 atom stereocenters. The number of amides is 1. The molecule has 0 bridgehead atoms. The van der Waals surface area contributed by atoms with Gasteiger partial charge in [-0.3, -0.25) is 4.79 Å². The maximum Gasteiger partial charge on any atom is 0.263 e. The molecule has 0 aliphatic carbocycles. The van der Waals surface area contributed by atoms with Crippen molar-refractivity contribution in [2.24, 2.45) is 0 Å². The molecule has 3 N–H and O–H groups in total. The summed E-state index contributed by atoms with van der Waals surface area (Å²) >= 11 is 1.24. The molecule has 0 aromatic carbocycles. The topological polar surface area (TPSA) is 113 Å². The highest BCUT2D eigenvalue weighted by Gasteiger charge is 2.22. The maximum absolute atomic E-state index is 12.0. The Hall–Kier alpha value is -1.84. The highest BCUT2D eigenvalue weighted by Crippen LogP contribution is 2.19. The molecule has 19 heavy (non-hydrogen) atoms. The van der Waals surface area contributed by atoms with Gasteiger partial charge >= 0.3 is 0 Å². The van der Waals surface area contributed by atoms with Gasteiger partial charge in [0.25, 0.3) is 5.91 Å². The standard InChI is InChI=1S/C10H13N5O3S/c1-10(18,5-16)4-11-9(17)8-7(2-3-19-8)15-6-12-13-14-15/h2-3,6,16,18H,4-5H2,1H3,(H,11,17). The number of nitrogens with one attached hydrogen (secondary N) is 1. The second-order valence-corrected chi connectivity index (χ2v) is 5.14. The molecule has 0 saturated heterocycles. The van der Waals surface area contributed by atoms with E-state index in [-0.39, 0.29) is 12.5 Å². The molecule has 2 aromatic heterocycles. The number of hydrogen-bond donors (Lipinski definition) is 3. The molecule has 0 fully saturated rings. The maximum atomic E-state index is 12.0. The summed E-state index contributed by atoms with van der Waals surface area (Å²) in [5.74, 6) is -0.353. The van der Waals surface area contributed by atoms with E-state index in [0.717, 1.165) is 0 Å². The largest absolute Gasteiger partial charge is 0.393 e. The van der Waals surface area contributed by atoms with Crippen LogP contribution in [0, 0.1) is 0 Å². The van der Waals surface area contributed by atoms with Crippen molar-refractivity contribution in [3.63, 3.8) is 0 Å². The molecular formula is C10H13N5O3S. The lowest BCUT2D eigenvalue weighted by atomic mass is 10.1.